The molecule has 114 valence electrons. The second kappa shape index (κ2) is 7.64. The molecule has 0 saturated carbocycles. The van der Waals surface area contributed by atoms with Gasteiger partial charge in [-0.15, -0.1) is 0 Å². The molecule has 0 unspecified atom stereocenters. The van der Waals surface area contributed by atoms with Gasteiger partial charge in [0.1, 0.15) is 15.6 Å². The average Bonchev–Trinajstić information content (AvgIpc) is 2.32. The van der Waals surface area contributed by atoms with Crippen LogP contribution in [0.3, 0.4) is 0 Å². The standard InChI is InChI=1S/C15H25NO3S/c1-12(2)16-11-14-10-13(3)6-7-15(14)19-8-5-9-20(4,17)18/h6-7,10,12,16H,5,8-9,11H2,1-4H3. The third kappa shape index (κ3) is 6.91. The van der Waals surface area contributed by atoms with E-state index in [4.69, 9.17) is 4.74 Å². The van der Waals surface area contributed by atoms with Crippen LogP contribution < -0.4 is 10.1 Å². The van der Waals surface area contributed by atoms with Gasteiger partial charge in [-0.3, -0.25) is 0 Å². The van der Waals surface area contributed by atoms with Crippen molar-refractivity contribution in [2.75, 3.05) is 18.6 Å². The molecule has 1 aromatic carbocycles. The molecule has 0 spiro atoms. The smallest absolute Gasteiger partial charge is 0.147 e. The quantitative estimate of drug-likeness (QED) is 0.748. The lowest BCUT2D eigenvalue weighted by Crippen LogP contribution is -2.22. The van der Waals surface area contributed by atoms with E-state index in [2.05, 4.69) is 25.2 Å². The second-order valence-corrected chi connectivity index (χ2v) is 7.74. The maximum atomic E-state index is 11.1. The van der Waals surface area contributed by atoms with Crippen LogP contribution in [0.2, 0.25) is 0 Å². The van der Waals surface area contributed by atoms with Gasteiger partial charge < -0.3 is 10.1 Å². The van der Waals surface area contributed by atoms with E-state index in [-0.39, 0.29) is 5.75 Å². The summed E-state index contributed by atoms with van der Waals surface area (Å²) in [7, 11) is -2.91. The molecule has 0 amide bonds. The Morgan fingerprint density at radius 1 is 1.30 bits per heavy atom. The molecule has 0 atom stereocenters. The van der Waals surface area contributed by atoms with E-state index in [9.17, 15) is 8.42 Å². The van der Waals surface area contributed by atoms with Crippen LogP contribution in [-0.4, -0.2) is 33.1 Å². The van der Waals surface area contributed by atoms with Gasteiger partial charge in [-0.1, -0.05) is 31.5 Å². The SMILES string of the molecule is Cc1ccc(OCCCS(C)(=O)=O)c(CNC(C)C)c1. The van der Waals surface area contributed by atoms with Crippen molar-refractivity contribution >= 4 is 9.84 Å². The number of ether oxygens (including phenoxy) is 1. The molecule has 0 aromatic heterocycles. The normalized spacial score (nSPS) is 11.8. The van der Waals surface area contributed by atoms with Gasteiger partial charge >= 0.3 is 0 Å². The van der Waals surface area contributed by atoms with E-state index in [1.165, 1.54) is 11.8 Å². The molecule has 0 aliphatic rings. The summed E-state index contributed by atoms with van der Waals surface area (Å²) < 4.78 is 27.8. The minimum absolute atomic E-state index is 0.165. The summed E-state index contributed by atoms with van der Waals surface area (Å²) in [5, 5.41) is 3.37. The molecule has 4 nitrogen and oxygen atoms in total. The van der Waals surface area contributed by atoms with E-state index in [0.717, 1.165) is 17.9 Å². The fourth-order valence-corrected chi connectivity index (χ4v) is 2.45. The van der Waals surface area contributed by atoms with Gasteiger partial charge in [-0.05, 0) is 19.4 Å². The van der Waals surface area contributed by atoms with Crippen LogP contribution in [0.1, 0.15) is 31.4 Å². The maximum absolute atomic E-state index is 11.1. The minimum atomic E-state index is -2.91. The maximum Gasteiger partial charge on any atom is 0.147 e. The van der Waals surface area contributed by atoms with E-state index in [1.807, 2.05) is 19.1 Å². The lowest BCUT2D eigenvalue weighted by atomic mass is 10.1. The summed E-state index contributed by atoms with van der Waals surface area (Å²) in [5.74, 6) is 0.996. The number of hydrogen-bond acceptors (Lipinski definition) is 4. The summed E-state index contributed by atoms with van der Waals surface area (Å²) in [6.07, 6.45) is 1.76. The van der Waals surface area contributed by atoms with Crippen molar-refractivity contribution in [2.45, 2.75) is 39.8 Å². The topological polar surface area (TPSA) is 55.4 Å². The number of rotatable bonds is 8. The second-order valence-electron chi connectivity index (χ2n) is 5.48. The number of hydrogen-bond donors (Lipinski definition) is 1. The number of benzene rings is 1. The molecule has 0 fully saturated rings. The summed E-state index contributed by atoms with van der Waals surface area (Å²) in [4.78, 5) is 0. The monoisotopic (exact) mass is 299 g/mol. The Hall–Kier alpha value is -1.07. The van der Waals surface area contributed by atoms with E-state index >= 15 is 0 Å². The minimum Gasteiger partial charge on any atom is -0.493 e. The Labute approximate surface area is 122 Å². The van der Waals surface area contributed by atoms with Crippen LogP contribution in [0.5, 0.6) is 5.75 Å². The van der Waals surface area contributed by atoms with E-state index in [1.54, 1.807) is 0 Å². The van der Waals surface area contributed by atoms with Crippen molar-refractivity contribution in [1.29, 1.82) is 0 Å². The van der Waals surface area contributed by atoms with Crippen LogP contribution >= 0.6 is 0 Å². The Balaban J connectivity index is 2.59. The van der Waals surface area contributed by atoms with Crippen LogP contribution in [-0.2, 0) is 16.4 Å². The van der Waals surface area contributed by atoms with Crippen molar-refractivity contribution in [2.24, 2.45) is 0 Å². The summed E-state index contributed by atoms with van der Waals surface area (Å²) in [6.45, 7) is 7.42. The first-order valence-corrected chi connectivity index (χ1v) is 8.97. The van der Waals surface area contributed by atoms with Crippen LogP contribution in [0.15, 0.2) is 18.2 Å². The lowest BCUT2D eigenvalue weighted by Gasteiger charge is -2.14. The van der Waals surface area contributed by atoms with Gasteiger partial charge in [-0.25, -0.2) is 8.42 Å². The first-order valence-electron chi connectivity index (χ1n) is 6.91. The van der Waals surface area contributed by atoms with Crippen molar-refractivity contribution in [3.63, 3.8) is 0 Å². The highest BCUT2D eigenvalue weighted by Gasteiger charge is 2.06. The fraction of sp³-hybridized carbons (Fsp3) is 0.600. The van der Waals surface area contributed by atoms with Crippen molar-refractivity contribution in [1.82, 2.24) is 5.32 Å². The third-order valence-corrected chi connectivity index (χ3v) is 3.86. The Morgan fingerprint density at radius 3 is 2.60 bits per heavy atom. The Morgan fingerprint density at radius 2 is 2.00 bits per heavy atom. The molecule has 0 heterocycles. The molecular formula is C15H25NO3S. The molecule has 0 saturated heterocycles. The van der Waals surface area contributed by atoms with Gasteiger partial charge in [0.05, 0.1) is 12.4 Å². The largest absolute Gasteiger partial charge is 0.493 e. The summed E-state index contributed by atoms with van der Waals surface area (Å²) in [6, 6.07) is 6.47. The zero-order valence-corrected chi connectivity index (χ0v) is 13.6. The van der Waals surface area contributed by atoms with Crippen LogP contribution in [0, 0.1) is 6.92 Å². The number of sulfone groups is 1. The van der Waals surface area contributed by atoms with Crippen molar-refractivity contribution in [3.8, 4) is 5.75 Å². The molecule has 5 heteroatoms. The van der Waals surface area contributed by atoms with Gasteiger partial charge in [0, 0.05) is 24.4 Å². The van der Waals surface area contributed by atoms with Gasteiger partial charge in [-0.2, -0.15) is 0 Å². The highest BCUT2D eigenvalue weighted by atomic mass is 32.2. The molecule has 0 aliphatic carbocycles. The van der Waals surface area contributed by atoms with E-state index < -0.39 is 9.84 Å². The zero-order valence-electron chi connectivity index (χ0n) is 12.8. The Bertz CT molecular complexity index is 524. The molecular weight excluding hydrogens is 274 g/mol. The summed E-state index contributed by atoms with van der Waals surface area (Å²) in [5.41, 5.74) is 2.30. The number of aryl methyl sites for hydroxylation is 1. The molecule has 20 heavy (non-hydrogen) atoms. The van der Waals surface area contributed by atoms with Crippen LogP contribution in [0.4, 0.5) is 0 Å². The highest BCUT2D eigenvalue weighted by molar-refractivity contribution is 7.90. The number of nitrogens with one attached hydrogen (secondary N) is 1. The lowest BCUT2D eigenvalue weighted by molar-refractivity contribution is 0.313. The molecule has 0 bridgehead atoms. The van der Waals surface area contributed by atoms with E-state index in [0.29, 0.717) is 19.1 Å². The predicted octanol–water partition coefficient (Wildman–Crippen LogP) is 2.31. The van der Waals surface area contributed by atoms with Gasteiger partial charge in [0.25, 0.3) is 0 Å². The summed E-state index contributed by atoms with van der Waals surface area (Å²) >= 11 is 0. The van der Waals surface area contributed by atoms with Crippen molar-refractivity contribution < 1.29 is 13.2 Å². The molecule has 0 aliphatic heterocycles. The Kier molecular flexibility index (Phi) is 6.49. The first kappa shape index (κ1) is 17.0. The van der Waals surface area contributed by atoms with Gasteiger partial charge in [0.15, 0.2) is 0 Å². The van der Waals surface area contributed by atoms with Gasteiger partial charge in [0.2, 0.25) is 0 Å². The van der Waals surface area contributed by atoms with Crippen molar-refractivity contribution in [3.05, 3.63) is 29.3 Å². The zero-order chi connectivity index (χ0) is 15.2. The highest BCUT2D eigenvalue weighted by Crippen LogP contribution is 2.20. The molecule has 1 rings (SSSR count). The first-order chi connectivity index (χ1) is 9.28. The average molecular weight is 299 g/mol. The third-order valence-electron chi connectivity index (χ3n) is 2.83. The molecule has 0 radical (unpaired) electrons. The predicted molar refractivity (Wildman–Crippen MR) is 83.0 cm³/mol. The molecule has 1 aromatic rings. The molecule has 1 N–H and O–H groups in total. The fourth-order valence-electron chi connectivity index (χ4n) is 1.80. The van der Waals surface area contributed by atoms with Crippen LogP contribution in [0.25, 0.3) is 0 Å².